The quantitative estimate of drug-likeness (QED) is 0.675. The van der Waals surface area contributed by atoms with E-state index in [2.05, 4.69) is 17.0 Å². The number of hydrogen-bond acceptors (Lipinski definition) is 4. The number of amides is 1. The molecule has 0 aromatic heterocycles. The van der Waals surface area contributed by atoms with Crippen molar-refractivity contribution in [3.8, 4) is 5.75 Å². The van der Waals surface area contributed by atoms with Crippen molar-refractivity contribution in [1.29, 1.82) is 0 Å². The Morgan fingerprint density at radius 3 is 2.29 bits per heavy atom. The Hall–Kier alpha value is -2.38. The number of hydrogen-bond donors (Lipinski definition) is 2. The van der Waals surface area contributed by atoms with Crippen LogP contribution in [0.15, 0.2) is 35.2 Å². The average molecular weight is 445 g/mol. The number of carbonyl (C=O) groups excluding carboxylic acids is 1. The first kappa shape index (κ1) is 23.3. The molecule has 0 heterocycles. The Kier molecular flexibility index (Phi) is 7.06. The lowest BCUT2D eigenvalue weighted by atomic mass is 9.87. The summed E-state index contributed by atoms with van der Waals surface area (Å²) < 4.78 is 34.5. The van der Waals surface area contributed by atoms with Gasteiger partial charge in [0, 0.05) is 17.3 Å². The molecule has 1 amide bonds. The first-order valence-corrected chi connectivity index (χ1v) is 12.2. The van der Waals surface area contributed by atoms with E-state index in [4.69, 9.17) is 4.74 Å². The maximum atomic E-state index is 13.2. The molecule has 2 atom stereocenters. The highest BCUT2D eigenvalue weighted by Crippen LogP contribution is 2.30. The van der Waals surface area contributed by atoms with Gasteiger partial charge in [0.2, 0.25) is 10.0 Å². The molecular weight excluding hydrogens is 412 g/mol. The number of methoxy groups -OCH3 is 1. The van der Waals surface area contributed by atoms with Gasteiger partial charge in [-0.05, 0) is 68.9 Å². The summed E-state index contributed by atoms with van der Waals surface area (Å²) >= 11 is 0. The van der Waals surface area contributed by atoms with Gasteiger partial charge in [-0.3, -0.25) is 4.79 Å². The first-order chi connectivity index (χ1) is 14.6. The van der Waals surface area contributed by atoms with Crippen molar-refractivity contribution in [3.63, 3.8) is 0 Å². The van der Waals surface area contributed by atoms with Crippen molar-refractivity contribution >= 4 is 21.6 Å². The van der Waals surface area contributed by atoms with Gasteiger partial charge in [-0.15, -0.1) is 0 Å². The van der Waals surface area contributed by atoms with E-state index >= 15 is 0 Å². The summed E-state index contributed by atoms with van der Waals surface area (Å²) in [6.45, 7) is 7.95. The van der Waals surface area contributed by atoms with Gasteiger partial charge in [-0.1, -0.05) is 37.5 Å². The number of ether oxygens (including phenoxy) is 1. The second-order valence-electron chi connectivity index (χ2n) is 8.58. The molecule has 1 aliphatic carbocycles. The van der Waals surface area contributed by atoms with Gasteiger partial charge in [0.25, 0.3) is 5.91 Å². The molecule has 1 fully saturated rings. The van der Waals surface area contributed by atoms with E-state index in [1.165, 1.54) is 19.2 Å². The van der Waals surface area contributed by atoms with Gasteiger partial charge < -0.3 is 10.1 Å². The summed E-state index contributed by atoms with van der Waals surface area (Å²) in [7, 11) is -2.41. The third-order valence-electron chi connectivity index (χ3n) is 6.05. The third kappa shape index (κ3) is 5.28. The maximum absolute atomic E-state index is 13.2. The number of nitrogens with one attached hydrogen (secondary N) is 2. The molecule has 2 unspecified atom stereocenters. The molecule has 0 bridgehead atoms. The van der Waals surface area contributed by atoms with E-state index in [1.807, 2.05) is 32.9 Å². The molecule has 6 nitrogen and oxygen atoms in total. The number of carbonyl (C=O) groups is 1. The van der Waals surface area contributed by atoms with Gasteiger partial charge in [0.1, 0.15) is 10.6 Å². The molecule has 2 N–H and O–H groups in total. The molecule has 7 heteroatoms. The van der Waals surface area contributed by atoms with Gasteiger partial charge >= 0.3 is 0 Å². The van der Waals surface area contributed by atoms with Gasteiger partial charge in [-0.25, -0.2) is 13.1 Å². The number of rotatable bonds is 6. The first-order valence-electron chi connectivity index (χ1n) is 10.7. The number of aryl methyl sites for hydroxylation is 3. The topological polar surface area (TPSA) is 84.5 Å². The number of sulfonamides is 1. The summed E-state index contributed by atoms with van der Waals surface area (Å²) in [5.41, 5.74) is 4.04. The van der Waals surface area contributed by atoms with E-state index in [0.29, 0.717) is 0 Å². The van der Waals surface area contributed by atoms with Crippen LogP contribution < -0.4 is 14.8 Å². The summed E-state index contributed by atoms with van der Waals surface area (Å²) in [4.78, 5) is 12.9. The van der Waals surface area contributed by atoms with Crippen LogP contribution in [0.4, 0.5) is 5.69 Å². The minimum Gasteiger partial charge on any atom is -0.495 e. The van der Waals surface area contributed by atoms with E-state index < -0.39 is 10.0 Å². The SMILES string of the molecule is COc1ccc(C(=O)Nc2c(C)cc(C)cc2C)cc1S(=O)(=O)NC1CCCCC1C. The second-order valence-corrected chi connectivity index (χ2v) is 10.3. The standard InChI is InChI=1S/C24H32N2O4S/c1-15-12-17(3)23(18(4)13-15)25-24(27)19-10-11-21(30-5)22(14-19)31(28,29)26-20-9-7-6-8-16(20)2/h10-14,16,20,26H,6-9H2,1-5H3,(H,25,27). The third-order valence-corrected chi connectivity index (χ3v) is 7.56. The van der Waals surface area contributed by atoms with Crippen LogP contribution in [0.5, 0.6) is 5.75 Å². The van der Waals surface area contributed by atoms with Crippen molar-refractivity contribution in [2.24, 2.45) is 5.92 Å². The Morgan fingerprint density at radius 2 is 1.68 bits per heavy atom. The van der Waals surface area contributed by atoms with Crippen LogP contribution in [0.1, 0.15) is 59.7 Å². The molecule has 2 aromatic rings. The largest absolute Gasteiger partial charge is 0.495 e. The normalized spacial score (nSPS) is 19.1. The van der Waals surface area contributed by atoms with Crippen molar-refractivity contribution < 1.29 is 17.9 Å². The second kappa shape index (κ2) is 9.40. The van der Waals surface area contributed by atoms with Crippen LogP contribution in [-0.2, 0) is 10.0 Å². The molecule has 1 aliphatic rings. The van der Waals surface area contributed by atoms with Crippen molar-refractivity contribution in [2.45, 2.75) is 64.3 Å². The molecular formula is C24H32N2O4S. The van der Waals surface area contributed by atoms with Crippen molar-refractivity contribution in [3.05, 3.63) is 52.6 Å². The lowest BCUT2D eigenvalue weighted by Crippen LogP contribution is -2.41. The highest BCUT2D eigenvalue weighted by atomic mass is 32.2. The molecule has 0 radical (unpaired) electrons. The lowest BCUT2D eigenvalue weighted by molar-refractivity contribution is 0.102. The number of benzene rings is 2. The Labute approximate surface area is 185 Å². The molecule has 0 aliphatic heterocycles. The number of anilines is 1. The Morgan fingerprint density at radius 1 is 1.03 bits per heavy atom. The fourth-order valence-corrected chi connectivity index (χ4v) is 5.92. The monoisotopic (exact) mass is 444 g/mol. The zero-order chi connectivity index (χ0) is 22.8. The summed E-state index contributed by atoms with van der Waals surface area (Å²) in [5.74, 6) is 0.129. The van der Waals surface area contributed by atoms with Crippen LogP contribution in [0.3, 0.4) is 0 Å². The molecule has 0 spiro atoms. The fourth-order valence-electron chi connectivity index (χ4n) is 4.34. The van der Waals surface area contributed by atoms with Gasteiger partial charge in [0.15, 0.2) is 0 Å². The van der Waals surface area contributed by atoms with E-state index in [1.54, 1.807) is 6.07 Å². The average Bonchev–Trinajstić information content (AvgIpc) is 2.71. The molecule has 1 saturated carbocycles. The zero-order valence-electron chi connectivity index (χ0n) is 18.9. The smallest absolute Gasteiger partial charge is 0.255 e. The minimum absolute atomic E-state index is 0.0160. The minimum atomic E-state index is -3.84. The van der Waals surface area contributed by atoms with Crippen molar-refractivity contribution in [2.75, 3.05) is 12.4 Å². The summed E-state index contributed by atoms with van der Waals surface area (Å²) in [5, 5.41) is 2.93. The molecule has 31 heavy (non-hydrogen) atoms. The highest BCUT2D eigenvalue weighted by molar-refractivity contribution is 7.89. The molecule has 3 rings (SSSR count). The Balaban J connectivity index is 1.90. The maximum Gasteiger partial charge on any atom is 0.255 e. The highest BCUT2D eigenvalue weighted by Gasteiger charge is 2.29. The molecule has 0 saturated heterocycles. The fraction of sp³-hybridized carbons (Fsp3) is 0.458. The van der Waals surface area contributed by atoms with Crippen LogP contribution in [-0.4, -0.2) is 27.5 Å². The summed E-state index contributed by atoms with van der Waals surface area (Å²) in [6.07, 6.45) is 3.94. The van der Waals surface area contributed by atoms with Crippen LogP contribution in [0.25, 0.3) is 0 Å². The van der Waals surface area contributed by atoms with Crippen molar-refractivity contribution in [1.82, 2.24) is 4.72 Å². The van der Waals surface area contributed by atoms with E-state index in [9.17, 15) is 13.2 Å². The van der Waals surface area contributed by atoms with Crippen LogP contribution >= 0.6 is 0 Å². The predicted molar refractivity (Wildman–Crippen MR) is 123 cm³/mol. The van der Waals surface area contributed by atoms with Crippen LogP contribution in [0, 0.1) is 26.7 Å². The zero-order valence-corrected chi connectivity index (χ0v) is 19.7. The predicted octanol–water partition coefficient (Wildman–Crippen LogP) is 4.73. The lowest BCUT2D eigenvalue weighted by Gasteiger charge is -2.29. The van der Waals surface area contributed by atoms with E-state index in [0.717, 1.165) is 48.1 Å². The van der Waals surface area contributed by atoms with Crippen LogP contribution in [0.2, 0.25) is 0 Å². The van der Waals surface area contributed by atoms with Gasteiger partial charge in [-0.2, -0.15) is 0 Å². The molecule has 2 aromatic carbocycles. The Bertz CT molecular complexity index is 1060. The van der Waals surface area contributed by atoms with Gasteiger partial charge in [0.05, 0.1) is 7.11 Å². The summed E-state index contributed by atoms with van der Waals surface area (Å²) in [6, 6.07) is 8.39. The van der Waals surface area contributed by atoms with E-state index in [-0.39, 0.29) is 34.1 Å². The molecule has 168 valence electrons.